The van der Waals surface area contributed by atoms with E-state index >= 15 is 0 Å². The highest BCUT2D eigenvalue weighted by molar-refractivity contribution is 5.78. The highest BCUT2D eigenvalue weighted by Gasteiger charge is 2.04. The van der Waals surface area contributed by atoms with E-state index in [9.17, 15) is 4.79 Å². The van der Waals surface area contributed by atoms with E-state index in [1.807, 2.05) is 12.1 Å². The Morgan fingerprint density at radius 3 is 2.33 bits per heavy atom. The number of hydrogen-bond acceptors (Lipinski definition) is 3. The average Bonchev–Trinajstić information content (AvgIpc) is 2.54. The summed E-state index contributed by atoms with van der Waals surface area (Å²) in [6.45, 7) is 0.393. The summed E-state index contributed by atoms with van der Waals surface area (Å²) in [6.07, 6.45) is 0.268. The molecule has 2 aromatic carbocycles. The van der Waals surface area contributed by atoms with Gasteiger partial charge in [0.05, 0.1) is 29.7 Å². The number of nitrogens with zero attached hydrogens (tertiary/aromatic N) is 2. The van der Waals surface area contributed by atoms with Crippen molar-refractivity contribution >= 4 is 5.91 Å². The highest BCUT2D eigenvalue weighted by Crippen LogP contribution is 2.06. The van der Waals surface area contributed by atoms with Crippen LogP contribution >= 0.6 is 0 Å². The third kappa shape index (κ3) is 4.19. The molecule has 0 fully saturated rings. The summed E-state index contributed by atoms with van der Waals surface area (Å²) >= 11 is 0. The first kappa shape index (κ1) is 14.3. The molecule has 2 aromatic rings. The molecule has 0 heterocycles. The summed E-state index contributed by atoms with van der Waals surface area (Å²) in [5.74, 6) is -0.0953. The second-order valence-corrected chi connectivity index (χ2v) is 4.57. The molecular formula is C17H13N3O. The first-order chi connectivity index (χ1) is 10.2. The van der Waals surface area contributed by atoms with Crippen LogP contribution in [0, 0.1) is 22.7 Å². The zero-order chi connectivity index (χ0) is 15.1. The lowest BCUT2D eigenvalue weighted by Gasteiger charge is -2.06. The number of carbonyl (C=O) groups excluding carboxylic acids is 1. The molecule has 0 aliphatic rings. The van der Waals surface area contributed by atoms with Crippen LogP contribution in [0.2, 0.25) is 0 Å². The smallest absolute Gasteiger partial charge is 0.224 e. The molecule has 102 valence electrons. The van der Waals surface area contributed by atoms with E-state index in [0.717, 1.165) is 11.1 Å². The minimum absolute atomic E-state index is 0.0953. The summed E-state index contributed by atoms with van der Waals surface area (Å²) in [5.41, 5.74) is 2.90. The summed E-state index contributed by atoms with van der Waals surface area (Å²) in [5, 5.41) is 20.3. The van der Waals surface area contributed by atoms with Crippen LogP contribution in [0.5, 0.6) is 0 Å². The van der Waals surface area contributed by atoms with E-state index in [1.165, 1.54) is 0 Å². The van der Waals surface area contributed by atoms with Crippen LogP contribution < -0.4 is 5.32 Å². The lowest BCUT2D eigenvalue weighted by molar-refractivity contribution is -0.120. The molecule has 4 heteroatoms. The van der Waals surface area contributed by atoms with Gasteiger partial charge in [-0.3, -0.25) is 4.79 Å². The number of nitriles is 2. The lowest BCUT2D eigenvalue weighted by atomic mass is 10.1. The van der Waals surface area contributed by atoms with E-state index in [2.05, 4.69) is 11.4 Å². The molecule has 0 aromatic heterocycles. The number of amides is 1. The number of hydrogen-bond donors (Lipinski definition) is 1. The van der Waals surface area contributed by atoms with E-state index in [-0.39, 0.29) is 12.3 Å². The van der Waals surface area contributed by atoms with Gasteiger partial charge >= 0.3 is 0 Å². The molecule has 1 N–H and O–H groups in total. The lowest BCUT2D eigenvalue weighted by Crippen LogP contribution is -2.24. The van der Waals surface area contributed by atoms with Crippen molar-refractivity contribution in [1.82, 2.24) is 5.32 Å². The standard InChI is InChI=1S/C17H13N3O/c18-10-14-6-4-13(5-7-14)9-17(21)20-12-16-3-1-2-15(8-16)11-19/h1-8H,9,12H2,(H,20,21). The molecule has 0 radical (unpaired) electrons. The Bertz CT molecular complexity index is 721. The second-order valence-electron chi connectivity index (χ2n) is 4.57. The molecule has 1 amide bonds. The second kappa shape index (κ2) is 6.88. The predicted octanol–water partition coefficient (Wildman–Crippen LogP) is 2.29. The maximum Gasteiger partial charge on any atom is 0.224 e. The topological polar surface area (TPSA) is 76.7 Å². The maximum absolute atomic E-state index is 11.9. The van der Waals surface area contributed by atoms with Crippen LogP contribution in [0.3, 0.4) is 0 Å². The van der Waals surface area contributed by atoms with Crippen molar-refractivity contribution < 1.29 is 4.79 Å². The quantitative estimate of drug-likeness (QED) is 0.930. The SMILES string of the molecule is N#Cc1ccc(CC(=O)NCc2cccc(C#N)c2)cc1. The first-order valence-electron chi connectivity index (χ1n) is 6.46. The van der Waals surface area contributed by atoms with E-state index < -0.39 is 0 Å². The van der Waals surface area contributed by atoms with Gasteiger partial charge in [0.15, 0.2) is 0 Å². The van der Waals surface area contributed by atoms with E-state index in [0.29, 0.717) is 17.7 Å². The van der Waals surface area contributed by atoms with Gasteiger partial charge in [0.1, 0.15) is 0 Å². The Kier molecular flexibility index (Phi) is 4.69. The van der Waals surface area contributed by atoms with Gasteiger partial charge in [0, 0.05) is 6.54 Å². The van der Waals surface area contributed by atoms with Gasteiger partial charge in [-0.15, -0.1) is 0 Å². The van der Waals surface area contributed by atoms with Gasteiger partial charge in [-0.25, -0.2) is 0 Å². The average molecular weight is 275 g/mol. The summed E-state index contributed by atoms with van der Waals surface area (Å²) in [4.78, 5) is 11.9. The zero-order valence-corrected chi connectivity index (χ0v) is 11.3. The minimum atomic E-state index is -0.0953. The molecule has 0 aliphatic carbocycles. The van der Waals surface area contributed by atoms with Crippen LogP contribution in [0.1, 0.15) is 22.3 Å². The Balaban J connectivity index is 1.89. The molecule has 0 bridgehead atoms. The van der Waals surface area contributed by atoms with Crippen molar-refractivity contribution in [3.05, 3.63) is 70.8 Å². The summed E-state index contributed by atoms with van der Waals surface area (Å²) in [7, 11) is 0. The molecule has 0 aliphatic heterocycles. The van der Waals surface area contributed by atoms with Gasteiger partial charge in [-0.2, -0.15) is 10.5 Å². The van der Waals surface area contributed by atoms with Crippen LogP contribution in [-0.4, -0.2) is 5.91 Å². The van der Waals surface area contributed by atoms with Crippen LogP contribution in [0.25, 0.3) is 0 Å². The molecule has 0 saturated heterocycles. The van der Waals surface area contributed by atoms with Crippen LogP contribution in [-0.2, 0) is 17.8 Å². The Morgan fingerprint density at radius 2 is 1.67 bits per heavy atom. The van der Waals surface area contributed by atoms with Crippen LogP contribution in [0.4, 0.5) is 0 Å². The number of nitrogens with one attached hydrogen (secondary N) is 1. The highest BCUT2D eigenvalue weighted by atomic mass is 16.1. The van der Waals surface area contributed by atoms with Gasteiger partial charge in [0.25, 0.3) is 0 Å². The van der Waals surface area contributed by atoms with Crippen LogP contribution in [0.15, 0.2) is 48.5 Å². The number of carbonyl (C=O) groups is 1. The normalized spacial score (nSPS) is 9.43. The van der Waals surface area contributed by atoms with Gasteiger partial charge < -0.3 is 5.32 Å². The van der Waals surface area contributed by atoms with Gasteiger partial charge in [-0.05, 0) is 35.4 Å². The molecular weight excluding hydrogens is 262 g/mol. The molecule has 2 rings (SSSR count). The van der Waals surface area contributed by atoms with Crippen molar-refractivity contribution in [2.75, 3.05) is 0 Å². The minimum Gasteiger partial charge on any atom is -0.352 e. The molecule has 0 spiro atoms. The third-order valence-electron chi connectivity index (χ3n) is 2.99. The van der Waals surface area contributed by atoms with E-state index in [4.69, 9.17) is 10.5 Å². The summed E-state index contributed by atoms with van der Waals surface area (Å²) < 4.78 is 0. The molecule has 21 heavy (non-hydrogen) atoms. The van der Waals surface area contributed by atoms with Crippen molar-refractivity contribution in [2.45, 2.75) is 13.0 Å². The molecule has 0 atom stereocenters. The predicted molar refractivity (Wildman–Crippen MR) is 77.9 cm³/mol. The molecule has 0 unspecified atom stereocenters. The van der Waals surface area contributed by atoms with Gasteiger partial charge in [0.2, 0.25) is 5.91 Å². The number of benzene rings is 2. The van der Waals surface area contributed by atoms with Crippen molar-refractivity contribution in [3.63, 3.8) is 0 Å². The fourth-order valence-corrected chi connectivity index (χ4v) is 1.90. The largest absolute Gasteiger partial charge is 0.352 e. The van der Waals surface area contributed by atoms with Crippen molar-refractivity contribution in [1.29, 1.82) is 10.5 Å². The molecule has 4 nitrogen and oxygen atoms in total. The van der Waals surface area contributed by atoms with Crippen molar-refractivity contribution in [2.24, 2.45) is 0 Å². The maximum atomic E-state index is 11.9. The third-order valence-corrected chi connectivity index (χ3v) is 2.99. The zero-order valence-electron chi connectivity index (χ0n) is 11.3. The van der Waals surface area contributed by atoms with E-state index in [1.54, 1.807) is 42.5 Å². The molecule has 0 saturated carbocycles. The Labute approximate surface area is 123 Å². The fourth-order valence-electron chi connectivity index (χ4n) is 1.90. The fraction of sp³-hybridized carbons (Fsp3) is 0.118. The monoisotopic (exact) mass is 275 g/mol. The van der Waals surface area contributed by atoms with Crippen molar-refractivity contribution in [3.8, 4) is 12.1 Å². The first-order valence-corrected chi connectivity index (χ1v) is 6.46. The van der Waals surface area contributed by atoms with Gasteiger partial charge in [-0.1, -0.05) is 24.3 Å². The number of rotatable bonds is 4. The Morgan fingerprint density at radius 1 is 0.952 bits per heavy atom. The Hall–Kier alpha value is -3.11. The summed E-state index contributed by atoms with van der Waals surface area (Å²) in [6, 6.07) is 18.2.